The number of nitrogens with zero attached hydrogens (tertiary/aromatic N) is 3. The number of carboxylic acid groups (broad SMARTS) is 1. The molecule has 28 heavy (non-hydrogen) atoms. The predicted molar refractivity (Wildman–Crippen MR) is 110 cm³/mol. The van der Waals surface area contributed by atoms with Crippen molar-refractivity contribution in [2.75, 3.05) is 5.43 Å². The third-order valence-electron chi connectivity index (χ3n) is 4.03. The fourth-order valence-corrected chi connectivity index (χ4v) is 4.35. The van der Waals surface area contributed by atoms with Crippen LogP contribution in [0.25, 0.3) is 21.3 Å². The molecule has 1 aromatic carbocycles. The smallest absolute Gasteiger partial charge is 0.345 e. The standard InChI is InChI=1S/C19H13FN4O2S2/c1-10(14-6-7-15(28-14)19(25)26)23-24-17-16-13(8-27-18(16)22-9-21-17)11-2-4-12(20)5-3-11/h2-9H,1H3,(H,25,26)(H,21,22,24)/b23-10-. The number of thiophene rings is 2. The third kappa shape index (κ3) is 3.49. The van der Waals surface area contributed by atoms with Crippen molar-refractivity contribution in [2.45, 2.75) is 6.92 Å². The first kappa shape index (κ1) is 18.2. The van der Waals surface area contributed by atoms with Gasteiger partial charge in [-0.3, -0.25) is 5.43 Å². The van der Waals surface area contributed by atoms with Crippen LogP contribution in [0.5, 0.6) is 0 Å². The number of hydrogen-bond donors (Lipinski definition) is 2. The van der Waals surface area contributed by atoms with Crippen molar-refractivity contribution < 1.29 is 14.3 Å². The molecule has 6 nitrogen and oxygen atoms in total. The second-order valence-electron chi connectivity index (χ2n) is 5.84. The van der Waals surface area contributed by atoms with Crippen molar-refractivity contribution in [1.82, 2.24) is 9.97 Å². The molecule has 0 aliphatic carbocycles. The summed E-state index contributed by atoms with van der Waals surface area (Å²) in [5, 5.41) is 16.2. The maximum Gasteiger partial charge on any atom is 0.345 e. The van der Waals surface area contributed by atoms with Crippen LogP contribution in [0.2, 0.25) is 0 Å². The van der Waals surface area contributed by atoms with E-state index < -0.39 is 5.97 Å². The van der Waals surface area contributed by atoms with Gasteiger partial charge in [0.2, 0.25) is 0 Å². The lowest BCUT2D eigenvalue weighted by Gasteiger charge is -2.05. The van der Waals surface area contributed by atoms with Gasteiger partial charge in [-0.25, -0.2) is 19.2 Å². The average Bonchev–Trinajstić information content (AvgIpc) is 3.34. The number of halogens is 1. The molecular formula is C19H13FN4O2S2. The molecule has 0 unspecified atom stereocenters. The fraction of sp³-hybridized carbons (Fsp3) is 0.0526. The van der Waals surface area contributed by atoms with Gasteiger partial charge < -0.3 is 5.11 Å². The van der Waals surface area contributed by atoms with Crippen LogP contribution in [-0.2, 0) is 0 Å². The van der Waals surface area contributed by atoms with E-state index in [1.807, 2.05) is 5.38 Å². The number of carbonyl (C=O) groups is 1. The molecule has 3 heterocycles. The zero-order valence-corrected chi connectivity index (χ0v) is 16.1. The summed E-state index contributed by atoms with van der Waals surface area (Å²) < 4.78 is 13.3. The summed E-state index contributed by atoms with van der Waals surface area (Å²) in [7, 11) is 0. The van der Waals surface area contributed by atoms with Crippen molar-refractivity contribution in [1.29, 1.82) is 0 Å². The van der Waals surface area contributed by atoms with Crippen LogP contribution in [-0.4, -0.2) is 26.8 Å². The maximum absolute atomic E-state index is 13.3. The molecule has 0 atom stereocenters. The zero-order valence-electron chi connectivity index (χ0n) is 14.5. The van der Waals surface area contributed by atoms with E-state index >= 15 is 0 Å². The summed E-state index contributed by atoms with van der Waals surface area (Å²) in [6.07, 6.45) is 1.45. The fourth-order valence-electron chi connectivity index (χ4n) is 2.64. The van der Waals surface area contributed by atoms with Crippen LogP contribution in [0.15, 0.2) is 53.2 Å². The highest BCUT2D eigenvalue weighted by Gasteiger charge is 2.14. The van der Waals surface area contributed by atoms with Crippen molar-refractivity contribution >= 4 is 50.4 Å². The lowest BCUT2D eigenvalue weighted by molar-refractivity contribution is 0.0702. The number of benzene rings is 1. The molecule has 0 amide bonds. The number of carboxylic acids is 1. The van der Waals surface area contributed by atoms with Crippen LogP contribution in [0.3, 0.4) is 0 Å². The van der Waals surface area contributed by atoms with Gasteiger partial charge in [-0.2, -0.15) is 5.10 Å². The normalized spacial score (nSPS) is 11.7. The molecule has 0 bridgehead atoms. The van der Waals surface area contributed by atoms with E-state index in [-0.39, 0.29) is 10.7 Å². The Hall–Kier alpha value is -3.17. The van der Waals surface area contributed by atoms with Gasteiger partial charge in [-0.1, -0.05) is 12.1 Å². The molecule has 9 heteroatoms. The summed E-state index contributed by atoms with van der Waals surface area (Å²) in [6, 6.07) is 9.51. The van der Waals surface area contributed by atoms with Crippen molar-refractivity contribution in [3.8, 4) is 11.1 Å². The van der Waals surface area contributed by atoms with Gasteiger partial charge >= 0.3 is 5.97 Å². The number of hydrazone groups is 1. The monoisotopic (exact) mass is 412 g/mol. The van der Waals surface area contributed by atoms with Crippen molar-refractivity contribution in [3.05, 3.63) is 63.7 Å². The number of rotatable bonds is 5. The number of aromatic nitrogens is 2. The Balaban J connectivity index is 1.69. The second-order valence-corrected chi connectivity index (χ2v) is 7.78. The third-order valence-corrected chi connectivity index (χ3v) is 6.10. The van der Waals surface area contributed by atoms with E-state index in [4.69, 9.17) is 5.11 Å². The molecular weight excluding hydrogens is 399 g/mol. The second kappa shape index (κ2) is 7.45. The van der Waals surface area contributed by atoms with Gasteiger partial charge in [0.15, 0.2) is 5.82 Å². The Morgan fingerprint density at radius 1 is 1.14 bits per heavy atom. The highest BCUT2D eigenvalue weighted by Crippen LogP contribution is 2.36. The summed E-state index contributed by atoms with van der Waals surface area (Å²) in [6.45, 7) is 1.79. The van der Waals surface area contributed by atoms with E-state index in [9.17, 15) is 9.18 Å². The van der Waals surface area contributed by atoms with Crippen LogP contribution in [0.4, 0.5) is 10.2 Å². The highest BCUT2D eigenvalue weighted by atomic mass is 32.1. The van der Waals surface area contributed by atoms with Crippen LogP contribution in [0, 0.1) is 5.82 Å². The SMILES string of the molecule is C/C(=N/Nc1ncnc2scc(-c3ccc(F)cc3)c12)c1ccc(C(=O)O)s1. The molecule has 0 spiro atoms. The van der Waals surface area contributed by atoms with Crippen molar-refractivity contribution in [3.63, 3.8) is 0 Å². The Labute approximate surface area is 167 Å². The zero-order chi connectivity index (χ0) is 19.7. The summed E-state index contributed by atoms with van der Waals surface area (Å²) in [5.41, 5.74) is 5.35. The lowest BCUT2D eigenvalue weighted by atomic mass is 10.1. The molecule has 2 N–H and O–H groups in total. The minimum atomic E-state index is -0.961. The van der Waals surface area contributed by atoms with E-state index in [0.717, 1.165) is 37.6 Å². The first-order chi connectivity index (χ1) is 13.5. The lowest BCUT2D eigenvalue weighted by Crippen LogP contribution is -2.00. The van der Waals surface area contributed by atoms with Gasteiger partial charge in [-0.05, 0) is 36.8 Å². The largest absolute Gasteiger partial charge is 0.477 e. The molecule has 3 aromatic heterocycles. The Bertz CT molecular complexity index is 1200. The molecule has 0 aliphatic rings. The summed E-state index contributed by atoms with van der Waals surface area (Å²) >= 11 is 2.62. The maximum atomic E-state index is 13.3. The molecule has 0 fully saturated rings. The molecule has 140 valence electrons. The summed E-state index contributed by atoms with van der Waals surface area (Å²) in [5.74, 6) is -0.730. The first-order valence-corrected chi connectivity index (χ1v) is 9.84. The van der Waals surface area contributed by atoms with E-state index in [2.05, 4.69) is 20.5 Å². The summed E-state index contributed by atoms with van der Waals surface area (Å²) in [4.78, 5) is 21.4. The van der Waals surface area contributed by atoms with Crippen LogP contribution < -0.4 is 5.43 Å². The Morgan fingerprint density at radius 3 is 2.61 bits per heavy atom. The van der Waals surface area contributed by atoms with Gasteiger partial charge in [0.1, 0.15) is 21.9 Å². The molecule has 4 aromatic rings. The van der Waals surface area contributed by atoms with E-state index in [1.165, 1.54) is 29.8 Å². The van der Waals surface area contributed by atoms with Gasteiger partial charge in [0, 0.05) is 10.9 Å². The molecule has 0 saturated carbocycles. The number of fused-ring (bicyclic) bond motifs is 1. The van der Waals surface area contributed by atoms with Crippen molar-refractivity contribution in [2.24, 2.45) is 5.10 Å². The predicted octanol–water partition coefficient (Wildman–Crippen LogP) is 5.09. The number of anilines is 1. The van der Waals surface area contributed by atoms with Gasteiger partial charge in [0.05, 0.1) is 16.0 Å². The number of aromatic carboxylic acids is 1. The van der Waals surface area contributed by atoms with E-state index in [0.29, 0.717) is 11.5 Å². The highest BCUT2D eigenvalue weighted by molar-refractivity contribution is 7.17. The van der Waals surface area contributed by atoms with Crippen LogP contribution >= 0.6 is 22.7 Å². The minimum absolute atomic E-state index is 0.255. The molecule has 4 rings (SSSR count). The molecule has 0 aliphatic heterocycles. The minimum Gasteiger partial charge on any atom is -0.477 e. The quantitative estimate of drug-likeness (QED) is 0.352. The molecule has 0 saturated heterocycles. The number of nitrogens with one attached hydrogen (secondary N) is 1. The molecule has 0 radical (unpaired) electrons. The topological polar surface area (TPSA) is 87.5 Å². The van der Waals surface area contributed by atoms with Crippen LogP contribution in [0.1, 0.15) is 21.5 Å². The first-order valence-electron chi connectivity index (χ1n) is 8.15. The number of hydrogen-bond acceptors (Lipinski definition) is 7. The van der Waals surface area contributed by atoms with E-state index in [1.54, 1.807) is 31.2 Å². The Kier molecular flexibility index (Phi) is 4.84. The van der Waals surface area contributed by atoms with Gasteiger partial charge in [0.25, 0.3) is 0 Å². The Morgan fingerprint density at radius 2 is 1.89 bits per heavy atom. The average molecular weight is 412 g/mol. The van der Waals surface area contributed by atoms with Gasteiger partial charge in [-0.15, -0.1) is 22.7 Å².